The van der Waals surface area contributed by atoms with Gasteiger partial charge in [0.15, 0.2) is 11.5 Å². The van der Waals surface area contributed by atoms with Crippen LogP contribution in [0.3, 0.4) is 0 Å². The topological polar surface area (TPSA) is 40.2 Å². The van der Waals surface area contributed by atoms with Crippen molar-refractivity contribution in [2.24, 2.45) is 0 Å². The van der Waals surface area contributed by atoms with Crippen LogP contribution in [0.2, 0.25) is 0 Å². The van der Waals surface area contributed by atoms with Gasteiger partial charge in [0.1, 0.15) is 0 Å². The van der Waals surface area contributed by atoms with Crippen LogP contribution in [-0.2, 0) is 11.3 Å². The molecule has 1 saturated heterocycles. The Morgan fingerprint density at radius 1 is 1.20 bits per heavy atom. The third kappa shape index (κ3) is 2.69. The van der Waals surface area contributed by atoms with Crippen LogP contribution < -0.4 is 14.2 Å². The van der Waals surface area contributed by atoms with E-state index in [1.165, 1.54) is 5.56 Å². The van der Waals surface area contributed by atoms with E-state index in [-0.39, 0.29) is 19.0 Å². The van der Waals surface area contributed by atoms with Crippen molar-refractivity contribution in [3.63, 3.8) is 0 Å². The summed E-state index contributed by atoms with van der Waals surface area (Å²) in [6.07, 6.45) is 0.546. The van der Waals surface area contributed by atoms with E-state index in [0.717, 1.165) is 31.1 Å². The molecule has 0 saturated carbocycles. The molecule has 5 nitrogen and oxygen atoms in total. The molecule has 2 atom stereocenters. The van der Waals surface area contributed by atoms with Gasteiger partial charge in [-0.05, 0) is 31.5 Å². The SMILES string of the molecule is COc1cc(CN2C[C@@H](C)O[C@@H](C)C2)cc2c1OCO2. The molecule has 1 aromatic carbocycles. The molecule has 0 unspecified atom stereocenters. The van der Waals surface area contributed by atoms with Gasteiger partial charge in [-0.15, -0.1) is 0 Å². The highest BCUT2D eigenvalue weighted by atomic mass is 16.7. The highest BCUT2D eigenvalue weighted by molar-refractivity contribution is 5.55. The Bertz CT molecular complexity index is 481. The monoisotopic (exact) mass is 279 g/mol. The third-order valence-corrected chi connectivity index (χ3v) is 3.62. The van der Waals surface area contributed by atoms with Crippen molar-refractivity contribution in [1.29, 1.82) is 0 Å². The van der Waals surface area contributed by atoms with Crippen molar-refractivity contribution in [2.75, 3.05) is 27.0 Å². The minimum Gasteiger partial charge on any atom is -0.493 e. The number of ether oxygens (including phenoxy) is 4. The van der Waals surface area contributed by atoms with Crippen LogP contribution in [0.25, 0.3) is 0 Å². The van der Waals surface area contributed by atoms with Crippen LogP contribution >= 0.6 is 0 Å². The summed E-state index contributed by atoms with van der Waals surface area (Å²) in [5, 5.41) is 0. The predicted octanol–water partition coefficient (Wildman–Crippen LogP) is 2.03. The number of hydrogen-bond donors (Lipinski definition) is 0. The quantitative estimate of drug-likeness (QED) is 0.846. The molecule has 20 heavy (non-hydrogen) atoms. The summed E-state index contributed by atoms with van der Waals surface area (Å²) in [6.45, 7) is 7.25. The van der Waals surface area contributed by atoms with E-state index in [9.17, 15) is 0 Å². The Hall–Kier alpha value is -1.46. The van der Waals surface area contributed by atoms with E-state index >= 15 is 0 Å². The van der Waals surface area contributed by atoms with Gasteiger partial charge in [0.05, 0.1) is 19.3 Å². The Balaban J connectivity index is 1.77. The molecule has 0 radical (unpaired) electrons. The molecular formula is C15H21NO4. The molecule has 1 aromatic rings. The van der Waals surface area contributed by atoms with Gasteiger partial charge >= 0.3 is 0 Å². The third-order valence-electron chi connectivity index (χ3n) is 3.62. The number of methoxy groups -OCH3 is 1. The molecule has 0 amide bonds. The van der Waals surface area contributed by atoms with E-state index < -0.39 is 0 Å². The van der Waals surface area contributed by atoms with E-state index in [2.05, 4.69) is 18.7 Å². The number of hydrogen-bond acceptors (Lipinski definition) is 5. The summed E-state index contributed by atoms with van der Waals surface area (Å²) in [5.74, 6) is 2.22. The zero-order chi connectivity index (χ0) is 14.1. The summed E-state index contributed by atoms with van der Waals surface area (Å²) >= 11 is 0. The van der Waals surface area contributed by atoms with Crippen LogP contribution in [-0.4, -0.2) is 44.1 Å². The summed E-state index contributed by atoms with van der Waals surface area (Å²) in [7, 11) is 1.65. The van der Waals surface area contributed by atoms with Gasteiger partial charge in [-0.25, -0.2) is 0 Å². The van der Waals surface area contributed by atoms with Crippen molar-refractivity contribution in [1.82, 2.24) is 4.90 Å². The van der Waals surface area contributed by atoms with E-state index in [1.54, 1.807) is 7.11 Å². The highest BCUT2D eigenvalue weighted by Gasteiger charge is 2.24. The maximum absolute atomic E-state index is 5.76. The summed E-state index contributed by atoms with van der Waals surface area (Å²) in [6, 6.07) is 4.06. The van der Waals surface area contributed by atoms with Crippen molar-refractivity contribution in [2.45, 2.75) is 32.6 Å². The molecule has 0 bridgehead atoms. The normalized spacial score (nSPS) is 25.8. The first-order valence-corrected chi connectivity index (χ1v) is 7.00. The van der Waals surface area contributed by atoms with Crippen LogP contribution in [0.1, 0.15) is 19.4 Å². The largest absolute Gasteiger partial charge is 0.493 e. The molecule has 2 heterocycles. The van der Waals surface area contributed by atoms with Crippen molar-refractivity contribution in [3.8, 4) is 17.2 Å². The van der Waals surface area contributed by atoms with Gasteiger partial charge in [-0.1, -0.05) is 0 Å². The second-order valence-corrected chi connectivity index (χ2v) is 5.48. The smallest absolute Gasteiger partial charge is 0.231 e. The molecule has 0 spiro atoms. The maximum atomic E-state index is 5.76. The number of nitrogens with zero attached hydrogens (tertiary/aromatic N) is 1. The fraction of sp³-hybridized carbons (Fsp3) is 0.600. The minimum absolute atomic E-state index is 0.265. The van der Waals surface area contributed by atoms with Gasteiger partial charge in [0, 0.05) is 19.6 Å². The van der Waals surface area contributed by atoms with Crippen LogP contribution in [0, 0.1) is 0 Å². The summed E-state index contributed by atoms with van der Waals surface area (Å²) in [4.78, 5) is 2.40. The summed E-state index contributed by atoms with van der Waals surface area (Å²) in [5.41, 5.74) is 1.17. The van der Waals surface area contributed by atoms with Gasteiger partial charge in [-0.3, -0.25) is 4.90 Å². The number of rotatable bonds is 3. The molecular weight excluding hydrogens is 258 g/mol. The average Bonchev–Trinajstić information content (AvgIpc) is 2.84. The molecule has 110 valence electrons. The van der Waals surface area contributed by atoms with Crippen molar-refractivity contribution >= 4 is 0 Å². The van der Waals surface area contributed by atoms with E-state index in [0.29, 0.717) is 5.75 Å². The summed E-state index contributed by atoms with van der Waals surface area (Å²) < 4.78 is 22.0. The van der Waals surface area contributed by atoms with Gasteiger partial charge in [0.25, 0.3) is 0 Å². The van der Waals surface area contributed by atoms with Gasteiger partial charge < -0.3 is 18.9 Å². The molecule has 0 N–H and O–H groups in total. The molecule has 2 aliphatic rings. The second kappa shape index (κ2) is 5.50. The Morgan fingerprint density at radius 3 is 2.65 bits per heavy atom. The minimum atomic E-state index is 0.265. The lowest BCUT2D eigenvalue weighted by molar-refractivity contribution is -0.0705. The van der Waals surface area contributed by atoms with Gasteiger partial charge in [-0.2, -0.15) is 0 Å². The average molecular weight is 279 g/mol. The van der Waals surface area contributed by atoms with Crippen molar-refractivity contribution < 1.29 is 18.9 Å². The van der Waals surface area contributed by atoms with Crippen LogP contribution in [0.5, 0.6) is 17.2 Å². The second-order valence-electron chi connectivity index (χ2n) is 5.48. The molecule has 3 rings (SSSR count). The first kappa shape index (κ1) is 13.5. The molecule has 0 aliphatic carbocycles. The zero-order valence-corrected chi connectivity index (χ0v) is 12.2. The molecule has 2 aliphatic heterocycles. The molecule has 1 fully saturated rings. The fourth-order valence-corrected chi connectivity index (χ4v) is 2.95. The Kier molecular flexibility index (Phi) is 3.72. The zero-order valence-electron chi connectivity index (χ0n) is 12.2. The molecule has 0 aromatic heterocycles. The predicted molar refractivity (Wildman–Crippen MR) is 74.4 cm³/mol. The lowest BCUT2D eigenvalue weighted by atomic mass is 10.1. The number of fused-ring (bicyclic) bond motifs is 1. The van der Waals surface area contributed by atoms with E-state index in [4.69, 9.17) is 18.9 Å². The Morgan fingerprint density at radius 2 is 1.95 bits per heavy atom. The van der Waals surface area contributed by atoms with E-state index in [1.807, 2.05) is 12.1 Å². The van der Waals surface area contributed by atoms with Crippen LogP contribution in [0.15, 0.2) is 12.1 Å². The lowest BCUT2D eigenvalue weighted by Gasteiger charge is -2.35. The number of morpholine rings is 1. The Labute approximate surface area is 119 Å². The first-order chi connectivity index (χ1) is 9.65. The standard InChI is InChI=1S/C15H21NO4/c1-10-6-16(7-11(2)20-10)8-12-4-13(17-3)15-14(5-12)18-9-19-15/h4-5,10-11H,6-9H2,1-3H3/t10-,11+. The fourth-order valence-electron chi connectivity index (χ4n) is 2.95. The van der Waals surface area contributed by atoms with Crippen LogP contribution in [0.4, 0.5) is 0 Å². The highest BCUT2D eigenvalue weighted by Crippen LogP contribution is 2.42. The van der Waals surface area contributed by atoms with Crippen molar-refractivity contribution in [3.05, 3.63) is 17.7 Å². The lowest BCUT2D eigenvalue weighted by Crippen LogP contribution is -2.44. The van der Waals surface area contributed by atoms with Gasteiger partial charge in [0.2, 0.25) is 12.5 Å². The molecule has 5 heteroatoms. The first-order valence-electron chi connectivity index (χ1n) is 7.00. The maximum Gasteiger partial charge on any atom is 0.231 e. The number of benzene rings is 1.